The van der Waals surface area contributed by atoms with Gasteiger partial charge >= 0.3 is 5.97 Å². The number of benzene rings is 1. The summed E-state index contributed by atoms with van der Waals surface area (Å²) in [6, 6.07) is 5.64. The lowest BCUT2D eigenvalue weighted by atomic mass is 10.0. The van der Waals surface area contributed by atoms with Gasteiger partial charge in [0.1, 0.15) is 0 Å². The zero-order valence-electron chi connectivity index (χ0n) is 20.1. The fourth-order valence-electron chi connectivity index (χ4n) is 4.10. The largest absolute Gasteiger partial charge is 0.462 e. The maximum Gasteiger partial charge on any atom is 0.338 e. The van der Waals surface area contributed by atoms with E-state index in [0.717, 1.165) is 36.0 Å². The fraction of sp³-hybridized carbons (Fsp3) is 0.583. The first kappa shape index (κ1) is 26.4. The summed E-state index contributed by atoms with van der Waals surface area (Å²) in [6.07, 6.45) is 4.25. The van der Waals surface area contributed by atoms with Crippen LogP contribution in [0.1, 0.15) is 49.9 Å². The van der Waals surface area contributed by atoms with Crippen LogP contribution in [0.4, 0.5) is 0 Å². The number of carbonyl (C=O) groups is 3. The van der Waals surface area contributed by atoms with E-state index in [4.69, 9.17) is 9.47 Å². The Bertz CT molecular complexity index is 1080. The molecule has 1 aromatic heterocycles. The number of thiazole rings is 1. The number of likely N-dealkylation sites (tertiary alicyclic amines) is 1. The minimum Gasteiger partial charge on any atom is -0.462 e. The molecule has 10 heteroatoms. The van der Waals surface area contributed by atoms with Gasteiger partial charge < -0.3 is 18.9 Å². The van der Waals surface area contributed by atoms with Crippen LogP contribution in [0.15, 0.2) is 23.2 Å². The molecule has 0 N–H and O–H groups in total. The van der Waals surface area contributed by atoms with Crippen molar-refractivity contribution in [2.45, 2.75) is 52.1 Å². The molecule has 2 heterocycles. The molecule has 1 aliphatic rings. The number of ether oxygens (including phenoxy) is 2. The minimum absolute atomic E-state index is 0.105. The average Bonchev–Trinajstić information content (AvgIpc) is 3.18. The van der Waals surface area contributed by atoms with Gasteiger partial charge in [0.05, 0.1) is 40.5 Å². The molecule has 186 valence electrons. The van der Waals surface area contributed by atoms with Gasteiger partial charge in [-0.25, -0.2) is 4.79 Å². The minimum atomic E-state index is -0.379. The molecule has 0 aliphatic carbocycles. The molecule has 0 radical (unpaired) electrons. The van der Waals surface area contributed by atoms with Crippen molar-refractivity contribution in [3.8, 4) is 0 Å². The molecule has 2 amide bonds. The number of esters is 1. The first-order valence-electron chi connectivity index (χ1n) is 11.7. The topological polar surface area (TPSA) is 90.2 Å². The second kappa shape index (κ2) is 13.1. The molecule has 1 atom stereocenters. The summed E-state index contributed by atoms with van der Waals surface area (Å²) >= 11 is 2.66. The highest BCUT2D eigenvalue weighted by molar-refractivity contribution is 8.00. The summed E-state index contributed by atoms with van der Waals surface area (Å²) in [5.41, 5.74) is 1.34. The summed E-state index contributed by atoms with van der Waals surface area (Å²) in [7, 11) is 1.62. The summed E-state index contributed by atoms with van der Waals surface area (Å²) in [4.78, 5) is 44.2. The smallest absolute Gasteiger partial charge is 0.338 e. The zero-order chi connectivity index (χ0) is 24.5. The molecule has 1 aromatic carbocycles. The van der Waals surface area contributed by atoms with Gasteiger partial charge in [0.2, 0.25) is 5.91 Å². The standard InChI is InChI=1S/C24H33N3O5S2/c1-4-18-8-6-7-11-26(18)22(29)16-33-15-21(28)25-24-27(12-13-31-3)19-10-9-17(14-20(19)34-24)23(30)32-5-2/h9-10,14,18H,4-8,11-13,15-16H2,1-3H3. The number of thioether (sulfide) groups is 1. The van der Waals surface area contributed by atoms with E-state index in [0.29, 0.717) is 36.2 Å². The lowest BCUT2D eigenvalue weighted by Gasteiger charge is -2.35. The Kier molecular flexibility index (Phi) is 10.2. The molecule has 1 fully saturated rings. The number of fused-ring (bicyclic) bond motifs is 1. The van der Waals surface area contributed by atoms with Gasteiger partial charge in [-0.15, -0.1) is 11.8 Å². The van der Waals surface area contributed by atoms with Crippen LogP contribution in [0.25, 0.3) is 10.2 Å². The highest BCUT2D eigenvalue weighted by Crippen LogP contribution is 2.21. The van der Waals surface area contributed by atoms with E-state index in [-0.39, 0.29) is 29.3 Å². The Morgan fingerprint density at radius 1 is 1.21 bits per heavy atom. The quantitative estimate of drug-likeness (QED) is 0.458. The predicted octanol–water partition coefficient (Wildman–Crippen LogP) is 3.48. The van der Waals surface area contributed by atoms with Gasteiger partial charge in [-0.3, -0.25) is 9.59 Å². The summed E-state index contributed by atoms with van der Waals surface area (Å²) in [5.74, 6) is -0.129. The molecule has 3 rings (SSSR count). The first-order valence-corrected chi connectivity index (χ1v) is 13.7. The van der Waals surface area contributed by atoms with Crippen LogP contribution >= 0.6 is 23.1 Å². The third kappa shape index (κ3) is 6.70. The van der Waals surface area contributed by atoms with Crippen LogP contribution < -0.4 is 4.80 Å². The van der Waals surface area contributed by atoms with Gasteiger partial charge in [-0.1, -0.05) is 18.3 Å². The van der Waals surface area contributed by atoms with Crippen LogP contribution in [0.2, 0.25) is 0 Å². The molecule has 1 unspecified atom stereocenters. The highest BCUT2D eigenvalue weighted by atomic mass is 32.2. The second-order valence-electron chi connectivity index (χ2n) is 8.08. The molecule has 0 saturated carbocycles. The van der Waals surface area contributed by atoms with Crippen molar-refractivity contribution in [2.24, 2.45) is 4.99 Å². The van der Waals surface area contributed by atoms with Gasteiger partial charge in [0, 0.05) is 26.2 Å². The SMILES string of the molecule is CCOC(=O)c1ccc2c(c1)sc(=NC(=O)CSCC(=O)N1CCCCC1CC)n2CCOC. The molecule has 1 saturated heterocycles. The van der Waals surface area contributed by atoms with Crippen LogP contribution in [0.5, 0.6) is 0 Å². The van der Waals surface area contributed by atoms with E-state index < -0.39 is 0 Å². The molecule has 2 aromatic rings. The lowest BCUT2D eigenvalue weighted by molar-refractivity contribution is -0.132. The normalized spacial score (nSPS) is 16.7. The van der Waals surface area contributed by atoms with Crippen LogP contribution in [0, 0.1) is 0 Å². The Hall–Kier alpha value is -2.17. The molecule has 8 nitrogen and oxygen atoms in total. The monoisotopic (exact) mass is 507 g/mol. The number of rotatable bonds is 10. The summed E-state index contributed by atoms with van der Waals surface area (Å²) < 4.78 is 13.1. The van der Waals surface area contributed by atoms with E-state index in [2.05, 4.69) is 11.9 Å². The van der Waals surface area contributed by atoms with E-state index in [1.165, 1.54) is 29.5 Å². The van der Waals surface area contributed by atoms with Crippen molar-refractivity contribution < 1.29 is 23.9 Å². The van der Waals surface area contributed by atoms with Gasteiger partial charge in [-0.2, -0.15) is 4.99 Å². The molecule has 1 aliphatic heterocycles. The molecular formula is C24H33N3O5S2. The van der Waals surface area contributed by atoms with Crippen LogP contribution in [0.3, 0.4) is 0 Å². The number of piperidine rings is 1. The van der Waals surface area contributed by atoms with E-state index >= 15 is 0 Å². The van der Waals surface area contributed by atoms with E-state index in [9.17, 15) is 14.4 Å². The van der Waals surface area contributed by atoms with Crippen molar-refractivity contribution in [1.82, 2.24) is 9.47 Å². The van der Waals surface area contributed by atoms with Gasteiger partial charge in [0.25, 0.3) is 5.91 Å². The summed E-state index contributed by atoms with van der Waals surface area (Å²) in [6.45, 7) is 5.99. The number of nitrogens with zero attached hydrogens (tertiary/aromatic N) is 3. The van der Waals surface area contributed by atoms with E-state index in [1.807, 2.05) is 15.5 Å². The molecular weight excluding hydrogens is 474 g/mol. The molecule has 0 spiro atoms. The number of carbonyl (C=O) groups excluding carboxylic acids is 3. The predicted molar refractivity (Wildman–Crippen MR) is 135 cm³/mol. The van der Waals surface area contributed by atoms with Crippen molar-refractivity contribution in [3.05, 3.63) is 28.6 Å². The fourth-order valence-corrected chi connectivity index (χ4v) is 5.89. The molecule has 0 bridgehead atoms. The number of aromatic nitrogens is 1. The molecule has 34 heavy (non-hydrogen) atoms. The Morgan fingerprint density at radius 3 is 2.76 bits per heavy atom. The van der Waals surface area contributed by atoms with Crippen LogP contribution in [-0.4, -0.2) is 71.7 Å². The Labute approximate surface area is 208 Å². The van der Waals surface area contributed by atoms with Crippen molar-refractivity contribution in [3.63, 3.8) is 0 Å². The summed E-state index contributed by atoms with van der Waals surface area (Å²) in [5, 5.41) is 0. The second-order valence-corrected chi connectivity index (χ2v) is 10.1. The highest BCUT2D eigenvalue weighted by Gasteiger charge is 2.25. The van der Waals surface area contributed by atoms with E-state index in [1.54, 1.807) is 26.2 Å². The number of methoxy groups -OCH3 is 1. The zero-order valence-corrected chi connectivity index (χ0v) is 21.7. The van der Waals surface area contributed by atoms with Crippen molar-refractivity contribution in [2.75, 3.05) is 38.4 Å². The Balaban J connectivity index is 1.72. The average molecular weight is 508 g/mol. The number of amides is 2. The van der Waals surface area contributed by atoms with Gasteiger partial charge in [0.15, 0.2) is 4.80 Å². The maximum atomic E-state index is 12.6. The maximum absolute atomic E-state index is 12.6. The number of hydrogen-bond acceptors (Lipinski definition) is 7. The third-order valence-corrected chi connectivity index (χ3v) is 7.75. The van der Waals surface area contributed by atoms with Crippen molar-refractivity contribution >= 4 is 51.1 Å². The van der Waals surface area contributed by atoms with Gasteiger partial charge in [-0.05, 0) is 50.8 Å². The Morgan fingerprint density at radius 2 is 2.03 bits per heavy atom. The lowest BCUT2D eigenvalue weighted by Crippen LogP contribution is -2.44. The number of hydrogen-bond donors (Lipinski definition) is 0. The van der Waals surface area contributed by atoms with Crippen LogP contribution in [-0.2, 0) is 25.6 Å². The first-order chi connectivity index (χ1) is 16.5. The third-order valence-electron chi connectivity index (χ3n) is 5.80. The van der Waals surface area contributed by atoms with Crippen molar-refractivity contribution in [1.29, 1.82) is 0 Å².